The summed E-state index contributed by atoms with van der Waals surface area (Å²) < 4.78 is 36.5. The molecule has 0 saturated carbocycles. The number of aliphatic hydroxyl groups excluding tert-OH is 1. The second-order valence-electron chi connectivity index (χ2n) is 7.31. The van der Waals surface area contributed by atoms with E-state index in [1.807, 2.05) is 0 Å². The highest BCUT2D eigenvalue weighted by Crippen LogP contribution is 2.27. The summed E-state index contributed by atoms with van der Waals surface area (Å²) in [5.74, 6) is -0.556. The van der Waals surface area contributed by atoms with E-state index in [4.69, 9.17) is 15.2 Å². The fraction of sp³-hybridized carbons (Fsp3) is 0.562. The number of carbonyl (C=O) groups excluding carboxylic acids is 1. The Morgan fingerprint density at radius 3 is 2.54 bits per heavy atom. The first kappa shape index (κ1) is 22.4. The number of nitrogens with one attached hydrogen (secondary N) is 1. The Hall–Kier alpha value is -1.62. The second-order valence-corrected chi connectivity index (χ2v) is 14.7. The van der Waals surface area contributed by atoms with Crippen LogP contribution in [0.4, 0.5) is 5.69 Å². The molecule has 1 aromatic carbocycles. The molecule has 0 unspecified atom stereocenters. The van der Waals surface area contributed by atoms with Crippen LogP contribution in [0.1, 0.15) is 5.56 Å². The van der Waals surface area contributed by atoms with Crippen LogP contribution in [0.25, 0.3) is 0 Å². The van der Waals surface area contributed by atoms with Gasteiger partial charge in [0, 0.05) is 21.1 Å². The number of primary amides is 1. The summed E-state index contributed by atoms with van der Waals surface area (Å²) in [7, 11) is -4.73. The van der Waals surface area contributed by atoms with Crippen molar-refractivity contribution in [2.45, 2.75) is 38.2 Å². The van der Waals surface area contributed by atoms with Gasteiger partial charge in [0.05, 0.1) is 11.9 Å². The van der Waals surface area contributed by atoms with Gasteiger partial charge in [-0.3, -0.25) is 9.52 Å². The normalized spacial score (nSPS) is 13.3. The van der Waals surface area contributed by atoms with Crippen molar-refractivity contribution >= 4 is 29.7 Å². The summed E-state index contributed by atoms with van der Waals surface area (Å²) in [6.45, 7) is 7.29. The van der Waals surface area contributed by atoms with Gasteiger partial charge in [-0.05, 0) is 23.7 Å². The zero-order chi connectivity index (χ0) is 20.0. The van der Waals surface area contributed by atoms with E-state index < -0.39 is 30.1 Å². The molecule has 10 heteroatoms. The second kappa shape index (κ2) is 9.35. The third-order valence-corrected chi connectivity index (χ3v) is 5.69. The molecule has 0 aliphatic rings. The third-order valence-electron chi connectivity index (χ3n) is 3.39. The predicted octanol–water partition coefficient (Wildman–Crippen LogP) is 1.14. The summed E-state index contributed by atoms with van der Waals surface area (Å²) >= 11 is 0. The van der Waals surface area contributed by atoms with Gasteiger partial charge in [-0.25, -0.2) is 8.42 Å². The lowest BCUT2D eigenvalue weighted by Crippen LogP contribution is -2.30. The first-order chi connectivity index (χ1) is 11.9. The zero-order valence-corrected chi connectivity index (χ0v) is 17.4. The Kier molecular flexibility index (Phi) is 8.06. The number of hydrogen-bond acceptors (Lipinski definition) is 6. The van der Waals surface area contributed by atoms with E-state index in [0.29, 0.717) is 17.9 Å². The molecule has 0 aliphatic heterocycles. The van der Waals surface area contributed by atoms with E-state index in [1.54, 1.807) is 12.1 Å². The van der Waals surface area contributed by atoms with Crippen molar-refractivity contribution in [2.75, 3.05) is 24.4 Å². The molecule has 0 spiro atoms. The minimum atomic E-state index is -3.54. The van der Waals surface area contributed by atoms with Crippen molar-refractivity contribution in [1.82, 2.24) is 0 Å². The van der Waals surface area contributed by atoms with E-state index in [2.05, 4.69) is 24.4 Å². The van der Waals surface area contributed by atoms with Gasteiger partial charge >= 0.3 is 0 Å². The Balaban J connectivity index is 2.81. The number of aliphatic hydroxyl groups is 1. The molecule has 148 valence electrons. The lowest BCUT2D eigenvalue weighted by Gasteiger charge is -2.17. The summed E-state index contributed by atoms with van der Waals surface area (Å²) in [5, 5.41) is 9.58. The molecule has 0 fully saturated rings. The average Bonchev–Trinajstić information content (AvgIpc) is 2.46. The largest absolute Gasteiger partial charge is 0.465 e. The lowest BCUT2D eigenvalue weighted by atomic mass is 10.1. The zero-order valence-electron chi connectivity index (χ0n) is 15.6. The predicted molar refractivity (Wildman–Crippen MR) is 103 cm³/mol. The molecule has 1 amide bonds. The molecule has 4 N–H and O–H groups in total. The van der Waals surface area contributed by atoms with E-state index >= 15 is 0 Å². The Morgan fingerprint density at radius 2 is 2.00 bits per heavy atom. The highest BCUT2D eigenvalue weighted by atomic mass is 32.2. The number of rotatable bonds is 11. The molecular formula is C16H28N2O6SSi. The summed E-state index contributed by atoms with van der Waals surface area (Å²) in [6, 6.07) is 5.66. The third kappa shape index (κ3) is 9.18. The number of sulfonamides is 1. The fourth-order valence-corrected chi connectivity index (χ4v) is 3.29. The van der Waals surface area contributed by atoms with E-state index in [1.165, 1.54) is 6.07 Å². The lowest BCUT2D eigenvalue weighted by molar-refractivity contribution is -0.125. The van der Waals surface area contributed by atoms with Gasteiger partial charge in [0.2, 0.25) is 15.9 Å². The molecule has 0 bridgehead atoms. The number of hydrogen-bond donors (Lipinski definition) is 3. The molecule has 0 aliphatic carbocycles. The van der Waals surface area contributed by atoms with E-state index in [0.717, 1.165) is 12.3 Å². The quantitative estimate of drug-likeness (QED) is 0.288. The Morgan fingerprint density at radius 1 is 1.35 bits per heavy atom. The monoisotopic (exact) mass is 404 g/mol. The van der Waals surface area contributed by atoms with Gasteiger partial charge < -0.3 is 20.3 Å². The number of carbonyl (C=O) groups is 1. The van der Waals surface area contributed by atoms with Gasteiger partial charge in [0.1, 0.15) is 11.9 Å². The van der Waals surface area contributed by atoms with Gasteiger partial charge in [-0.15, -0.1) is 0 Å². The number of ether oxygens (including phenoxy) is 2. The number of benzene rings is 1. The maximum Gasteiger partial charge on any atom is 0.246 e. The summed E-state index contributed by atoms with van der Waals surface area (Å²) in [4.78, 5) is 11.0. The van der Waals surface area contributed by atoms with Crippen LogP contribution in [0.5, 0.6) is 5.75 Å². The van der Waals surface area contributed by atoms with E-state index in [9.17, 15) is 18.3 Å². The first-order valence-electron chi connectivity index (χ1n) is 8.16. The average molecular weight is 405 g/mol. The van der Waals surface area contributed by atoms with Crippen molar-refractivity contribution in [3.63, 3.8) is 0 Å². The van der Waals surface area contributed by atoms with Crippen LogP contribution < -0.4 is 15.2 Å². The molecule has 1 aromatic rings. The SMILES string of the molecule is C[Si](C)(C)CCOCOc1ccc(C[C@H](O)C(N)=O)cc1NS(C)(=O)=O. The number of amides is 1. The van der Waals surface area contributed by atoms with E-state index in [-0.39, 0.29) is 18.9 Å². The van der Waals surface area contributed by atoms with Gasteiger partial charge in [-0.1, -0.05) is 25.7 Å². The number of nitrogens with two attached hydrogens (primary N) is 1. The fourth-order valence-electron chi connectivity index (χ4n) is 1.98. The van der Waals surface area contributed by atoms with Crippen molar-refractivity contribution in [3.05, 3.63) is 23.8 Å². The molecule has 0 aromatic heterocycles. The first-order valence-corrected chi connectivity index (χ1v) is 13.8. The van der Waals surface area contributed by atoms with Gasteiger partial charge in [0.25, 0.3) is 0 Å². The Labute approximate surface area is 155 Å². The maximum absolute atomic E-state index is 11.6. The van der Waals surface area contributed by atoms with Crippen molar-refractivity contribution in [1.29, 1.82) is 0 Å². The molecule has 0 heterocycles. The van der Waals surface area contributed by atoms with Crippen LogP contribution in [0.15, 0.2) is 18.2 Å². The van der Waals surface area contributed by atoms with Crippen LogP contribution in [0.2, 0.25) is 25.7 Å². The molecule has 0 radical (unpaired) electrons. The van der Waals surface area contributed by atoms with Gasteiger partial charge in [0.15, 0.2) is 6.79 Å². The van der Waals surface area contributed by atoms with Crippen LogP contribution in [-0.2, 0) is 26.0 Å². The van der Waals surface area contributed by atoms with Crippen molar-refractivity contribution < 1.29 is 27.8 Å². The molecule has 1 rings (SSSR count). The standard InChI is InChI=1S/C16H28N2O6SSi/c1-25(21,22)18-13-9-12(10-14(19)16(17)20)5-6-15(13)24-11-23-7-8-26(2,3)4/h5-6,9,14,18-19H,7-8,10-11H2,1-4H3,(H2,17,20)/t14-/m0/s1. The number of anilines is 1. The minimum absolute atomic E-state index is 0.00776. The molecule has 0 saturated heterocycles. The molecule has 8 nitrogen and oxygen atoms in total. The van der Waals surface area contributed by atoms with Gasteiger partial charge in [-0.2, -0.15) is 0 Å². The minimum Gasteiger partial charge on any atom is -0.465 e. The highest BCUT2D eigenvalue weighted by Gasteiger charge is 2.16. The summed E-state index contributed by atoms with van der Waals surface area (Å²) in [5.41, 5.74) is 5.78. The highest BCUT2D eigenvalue weighted by molar-refractivity contribution is 7.92. The summed E-state index contributed by atoms with van der Waals surface area (Å²) in [6.07, 6.45) is -0.356. The van der Waals surface area contributed by atoms with Crippen LogP contribution in [-0.4, -0.2) is 53.3 Å². The van der Waals surface area contributed by atoms with Crippen molar-refractivity contribution in [3.8, 4) is 5.75 Å². The van der Waals surface area contributed by atoms with Crippen LogP contribution in [0.3, 0.4) is 0 Å². The Bertz CT molecular complexity index is 718. The van der Waals surface area contributed by atoms with Crippen LogP contribution in [0, 0.1) is 0 Å². The maximum atomic E-state index is 11.6. The topological polar surface area (TPSA) is 128 Å². The molecular weight excluding hydrogens is 376 g/mol. The molecule has 26 heavy (non-hydrogen) atoms. The van der Waals surface area contributed by atoms with Crippen LogP contribution >= 0.6 is 0 Å². The van der Waals surface area contributed by atoms with Crippen molar-refractivity contribution in [2.24, 2.45) is 5.73 Å². The smallest absolute Gasteiger partial charge is 0.246 e. The molecule has 1 atom stereocenters.